The van der Waals surface area contributed by atoms with Crippen LogP contribution in [0.1, 0.15) is 6.92 Å². The van der Waals surface area contributed by atoms with Crippen LogP contribution in [0.5, 0.6) is 0 Å². The zero-order valence-electron chi connectivity index (χ0n) is 9.20. The fourth-order valence-corrected chi connectivity index (χ4v) is 1.09. The van der Waals surface area contributed by atoms with Gasteiger partial charge in [-0.1, -0.05) is 0 Å². The third-order valence-corrected chi connectivity index (χ3v) is 2.20. The summed E-state index contributed by atoms with van der Waals surface area (Å²) in [5.41, 5.74) is -3.01. The number of nitrogens with one attached hydrogen (secondary N) is 1. The van der Waals surface area contributed by atoms with Crippen molar-refractivity contribution in [2.45, 2.75) is 12.5 Å². The lowest BCUT2D eigenvalue weighted by molar-refractivity contribution is 0.0131. The van der Waals surface area contributed by atoms with Crippen molar-refractivity contribution in [2.75, 3.05) is 18.5 Å². The second-order valence-corrected chi connectivity index (χ2v) is 3.95. The van der Waals surface area contributed by atoms with E-state index in [1.807, 2.05) is 5.32 Å². The number of benzene rings is 1. The first-order valence-electron chi connectivity index (χ1n) is 4.80. The van der Waals surface area contributed by atoms with Crippen LogP contribution in [0.15, 0.2) is 0 Å². The molecule has 1 rings (SSSR count). The molecular formula is C10H10F5NO2. The smallest absolute Gasteiger partial charge is 0.200 e. The minimum Gasteiger partial charge on any atom is -0.393 e. The molecule has 0 saturated heterocycles. The lowest BCUT2D eigenvalue weighted by Gasteiger charge is -2.21. The van der Waals surface area contributed by atoms with Crippen molar-refractivity contribution in [3.63, 3.8) is 0 Å². The minimum atomic E-state index is -2.26. The summed E-state index contributed by atoms with van der Waals surface area (Å²) in [5, 5.41) is 19.9. The standard InChI is InChI=1S/C10H10F5NO2/c1-10(18,3-17)2-16-9-7(14)5(12)4(11)6(13)8(9)15/h16-18H,2-3H2,1H3. The number of anilines is 1. The van der Waals surface area contributed by atoms with E-state index < -0.39 is 53.5 Å². The molecule has 102 valence electrons. The predicted octanol–water partition coefficient (Wildman–Crippen LogP) is 1.54. The number of aliphatic hydroxyl groups is 2. The van der Waals surface area contributed by atoms with Crippen LogP contribution in [0, 0.1) is 29.1 Å². The molecule has 0 aromatic heterocycles. The molecule has 0 bridgehead atoms. The van der Waals surface area contributed by atoms with Crippen molar-refractivity contribution in [3.8, 4) is 0 Å². The van der Waals surface area contributed by atoms with Crippen LogP contribution in [0.25, 0.3) is 0 Å². The summed E-state index contributed by atoms with van der Waals surface area (Å²) in [7, 11) is 0. The summed E-state index contributed by atoms with van der Waals surface area (Å²) in [5.74, 6) is -10.5. The zero-order chi connectivity index (χ0) is 14.1. The zero-order valence-corrected chi connectivity index (χ0v) is 9.20. The Labute approximate surface area is 98.9 Å². The van der Waals surface area contributed by atoms with Gasteiger partial charge < -0.3 is 15.5 Å². The second-order valence-electron chi connectivity index (χ2n) is 3.95. The third kappa shape index (κ3) is 2.70. The maximum absolute atomic E-state index is 13.2. The first-order chi connectivity index (χ1) is 8.21. The molecule has 1 aromatic carbocycles. The summed E-state index contributed by atoms with van der Waals surface area (Å²) < 4.78 is 64.6. The summed E-state index contributed by atoms with van der Waals surface area (Å²) in [6, 6.07) is 0. The van der Waals surface area contributed by atoms with Crippen molar-refractivity contribution in [3.05, 3.63) is 29.1 Å². The Bertz CT molecular complexity index is 435. The monoisotopic (exact) mass is 271 g/mol. The van der Waals surface area contributed by atoms with Crippen molar-refractivity contribution in [1.82, 2.24) is 0 Å². The molecule has 0 fully saturated rings. The first-order valence-corrected chi connectivity index (χ1v) is 4.80. The normalized spacial score (nSPS) is 14.4. The molecule has 0 aliphatic carbocycles. The fraction of sp³-hybridized carbons (Fsp3) is 0.400. The molecule has 18 heavy (non-hydrogen) atoms. The number of aliphatic hydroxyl groups excluding tert-OH is 1. The molecule has 0 amide bonds. The fourth-order valence-electron chi connectivity index (χ4n) is 1.09. The van der Waals surface area contributed by atoms with Crippen molar-refractivity contribution < 1.29 is 32.2 Å². The molecule has 0 saturated carbocycles. The molecule has 1 atom stereocenters. The summed E-state index contributed by atoms with van der Waals surface area (Å²) in [6.45, 7) is -0.233. The van der Waals surface area contributed by atoms with E-state index in [1.54, 1.807) is 0 Å². The highest BCUT2D eigenvalue weighted by molar-refractivity contribution is 5.48. The van der Waals surface area contributed by atoms with E-state index in [0.29, 0.717) is 0 Å². The van der Waals surface area contributed by atoms with E-state index in [9.17, 15) is 27.1 Å². The molecule has 0 aliphatic rings. The average Bonchev–Trinajstić information content (AvgIpc) is 2.34. The lowest BCUT2D eigenvalue weighted by Crippen LogP contribution is -2.37. The number of rotatable bonds is 4. The number of halogens is 5. The Morgan fingerprint density at radius 1 is 0.944 bits per heavy atom. The van der Waals surface area contributed by atoms with Crippen LogP contribution in [0.4, 0.5) is 27.6 Å². The summed E-state index contributed by atoms with van der Waals surface area (Å²) in [4.78, 5) is 0. The van der Waals surface area contributed by atoms with Gasteiger partial charge in [-0.3, -0.25) is 0 Å². The van der Waals surface area contributed by atoms with Crippen LogP contribution in [0.2, 0.25) is 0 Å². The molecule has 3 nitrogen and oxygen atoms in total. The van der Waals surface area contributed by atoms with Crippen LogP contribution in [-0.4, -0.2) is 29.0 Å². The summed E-state index contributed by atoms with van der Waals surface area (Å²) >= 11 is 0. The molecule has 8 heteroatoms. The van der Waals surface area contributed by atoms with Gasteiger partial charge in [0.05, 0.1) is 6.61 Å². The topological polar surface area (TPSA) is 52.5 Å². The molecule has 0 spiro atoms. The highest BCUT2D eigenvalue weighted by Crippen LogP contribution is 2.27. The van der Waals surface area contributed by atoms with Gasteiger partial charge in [-0.15, -0.1) is 0 Å². The second kappa shape index (κ2) is 5.07. The highest BCUT2D eigenvalue weighted by atomic mass is 19.2. The van der Waals surface area contributed by atoms with Crippen molar-refractivity contribution in [1.29, 1.82) is 0 Å². The SMILES string of the molecule is CC(O)(CO)CNc1c(F)c(F)c(F)c(F)c1F. The maximum Gasteiger partial charge on any atom is 0.200 e. The number of hydrogen-bond donors (Lipinski definition) is 3. The van der Waals surface area contributed by atoms with Gasteiger partial charge in [-0.2, -0.15) is 0 Å². The molecule has 1 unspecified atom stereocenters. The first kappa shape index (κ1) is 14.7. The van der Waals surface area contributed by atoms with Crippen molar-refractivity contribution in [2.24, 2.45) is 0 Å². The van der Waals surface area contributed by atoms with E-state index in [-0.39, 0.29) is 0 Å². The van der Waals surface area contributed by atoms with Gasteiger partial charge in [0, 0.05) is 6.54 Å². The lowest BCUT2D eigenvalue weighted by atomic mass is 10.1. The van der Waals surface area contributed by atoms with Gasteiger partial charge in [0.25, 0.3) is 0 Å². The molecule has 3 N–H and O–H groups in total. The van der Waals surface area contributed by atoms with E-state index in [4.69, 9.17) is 5.11 Å². The van der Waals surface area contributed by atoms with E-state index >= 15 is 0 Å². The third-order valence-electron chi connectivity index (χ3n) is 2.20. The maximum atomic E-state index is 13.2. The molecule has 0 heterocycles. The van der Waals surface area contributed by atoms with Crippen LogP contribution in [-0.2, 0) is 0 Å². The van der Waals surface area contributed by atoms with Crippen molar-refractivity contribution >= 4 is 5.69 Å². The Morgan fingerprint density at radius 2 is 1.33 bits per heavy atom. The van der Waals surface area contributed by atoms with E-state index in [1.165, 1.54) is 0 Å². The van der Waals surface area contributed by atoms with E-state index in [0.717, 1.165) is 6.92 Å². The molecular weight excluding hydrogens is 261 g/mol. The Morgan fingerprint density at radius 3 is 1.72 bits per heavy atom. The van der Waals surface area contributed by atoms with Crippen LogP contribution < -0.4 is 5.32 Å². The Balaban J connectivity index is 3.11. The highest BCUT2D eigenvalue weighted by Gasteiger charge is 2.27. The van der Waals surface area contributed by atoms with Gasteiger partial charge in [0.2, 0.25) is 5.82 Å². The van der Waals surface area contributed by atoms with Gasteiger partial charge in [0.1, 0.15) is 11.3 Å². The number of hydrogen-bond acceptors (Lipinski definition) is 3. The van der Waals surface area contributed by atoms with Gasteiger partial charge in [0.15, 0.2) is 23.3 Å². The Kier molecular flexibility index (Phi) is 4.12. The van der Waals surface area contributed by atoms with Crippen LogP contribution in [0.3, 0.4) is 0 Å². The van der Waals surface area contributed by atoms with Crippen LogP contribution >= 0.6 is 0 Å². The molecule has 0 radical (unpaired) electrons. The minimum absolute atomic E-state index is 0.595. The predicted molar refractivity (Wildman–Crippen MR) is 52.4 cm³/mol. The Hall–Kier alpha value is -1.41. The van der Waals surface area contributed by atoms with Gasteiger partial charge >= 0.3 is 0 Å². The quantitative estimate of drug-likeness (QED) is 0.442. The largest absolute Gasteiger partial charge is 0.393 e. The van der Waals surface area contributed by atoms with E-state index in [2.05, 4.69) is 0 Å². The van der Waals surface area contributed by atoms with Gasteiger partial charge in [-0.05, 0) is 6.92 Å². The summed E-state index contributed by atoms with van der Waals surface area (Å²) in [6.07, 6.45) is 0. The molecule has 0 aliphatic heterocycles. The van der Waals surface area contributed by atoms with Gasteiger partial charge in [-0.25, -0.2) is 22.0 Å². The average molecular weight is 271 g/mol. The molecule has 1 aromatic rings.